The molecule has 0 spiro atoms. The fourth-order valence-corrected chi connectivity index (χ4v) is 9.07. The van der Waals surface area contributed by atoms with Crippen LogP contribution in [-0.2, 0) is 38.1 Å². The number of primary amides is 1. The summed E-state index contributed by atoms with van der Waals surface area (Å²) in [6, 6.07) is -0.327. The van der Waals surface area contributed by atoms with Crippen LogP contribution in [0.5, 0.6) is 0 Å². The van der Waals surface area contributed by atoms with Gasteiger partial charge >= 0.3 is 6.09 Å². The number of Topliss-reactive ketones (excluding diaryl/α,β-unsaturated/α-hetero) is 2. The molecule has 0 aromatic heterocycles. The predicted molar refractivity (Wildman–Crippen MR) is 237 cm³/mol. The van der Waals surface area contributed by atoms with Gasteiger partial charge in [-0.2, -0.15) is 0 Å². The topological polar surface area (TPSA) is 218 Å². The highest BCUT2D eigenvalue weighted by molar-refractivity contribution is 6.38. The first-order chi connectivity index (χ1) is 29.5. The van der Waals surface area contributed by atoms with Gasteiger partial charge in [-0.15, -0.1) is 0 Å². The molecule has 0 aromatic carbocycles. The third kappa shape index (κ3) is 17.8. The second-order valence-electron chi connectivity index (χ2n) is 18.3. The van der Waals surface area contributed by atoms with Crippen LogP contribution in [0.15, 0.2) is 47.6 Å². The SMILES string of the molecule is CO[C@@H](C[C@@H]1CCC[C@](O)(C(=O)C(=O)N2CCCCC2)O1)/C(C)=C/C=C/C=C/[C@@H](C)C[C@@H](C)C(=O)CC(O)/C(C)=C/[C@@H](C)CC[C@H](OC=O)[C@H](N)CC1CCC(OC(N)=O)CC1. The van der Waals surface area contributed by atoms with Gasteiger partial charge in [0.15, 0.2) is 0 Å². The van der Waals surface area contributed by atoms with E-state index in [0.29, 0.717) is 70.4 Å². The smallest absolute Gasteiger partial charge is 0.404 e. The molecule has 1 saturated carbocycles. The van der Waals surface area contributed by atoms with Crippen LogP contribution in [0.25, 0.3) is 0 Å². The average Bonchev–Trinajstić information content (AvgIpc) is 3.24. The molecular formula is C48H77N3O11. The van der Waals surface area contributed by atoms with E-state index in [2.05, 4.69) is 6.92 Å². The number of hydrogen-bond acceptors (Lipinski definition) is 12. The first-order valence-corrected chi connectivity index (χ1v) is 22.9. The number of rotatable bonds is 25. The molecule has 0 aromatic rings. The van der Waals surface area contributed by atoms with E-state index in [0.717, 1.165) is 56.1 Å². The molecule has 3 aliphatic rings. The minimum atomic E-state index is -2.11. The molecule has 14 heteroatoms. The lowest BCUT2D eigenvalue weighted by Crippen LogP contribution is -2.55. The number of likely N-dealkylation sites (tertiary alicyclic amines) is 1. The molecule has 3 fully saturated rings. The van der Waals surface area contributed by atoms with E-state index in [4.69, 9.17) is 30.4 Å². The monoisotopic (exact) mass is 872 g/mol. The zero-order chi connectivity index (χ0) is 45.8. The van der Waals surface area contributed by atoms with Crippen molar-refractivity contribution in [2.75, 3.05) is 20.2 Å². The van der Waals surface area contributed by atoms with E-state index in [1.165, 1.54) is 4.90 Å². The van der Waals surface area contributed by atoms with Gasteiger partial charge in [0.25, 0.3) is 18.2 Å². The largest absolute Gasteiger partial charge is 0.463 e. The highest BCUT2D eigenvalue weighted by atomic mass is 16.6. The Kier molecular flexibility index (Phi) is 22.8. The Morgan fingerprint density at radius 3 is 2.24 bits per heavy atom. The minimum Gasteiger partial charge on any atom is -0.463 e. The standard InChI is InChI=1S/C48H77N3O11/c1-32(14-9-7-10-15-34(3)44(59-6)29-39-16-13-23-48(58,62-39)45(55)46(56)51-24-11-8-12-25-51)26-35(4)41(53)30-42(54)36(5)27-33(2)17-22-43(60-31-52)40(49)28-37-18-20-38(21-19-37)61-47(50)57/h7,9-10,14-15,27,31-33,35,37-40,42-44,54,58H,8,11-13,16-26,28-30,49H2,1-6H3,(H2,50,57)/b10-7+,14-9+,34-15+,36-27+/t32-,33+,35-,37?,38?,39+,40-,42?,43+,44+,48-/m1/s1. The lowest BCUT2D eigenvalue weighted by Gasteiger charge is -2.38. The van der Waals surface area contributed by atoms with E-state index < -0.39 is 41.9 Å². The third-order valence-electron chi connectivity index (χ3n) is 12.9. The van der Waals surface area contributed by atoms with Gasteiger partial charge in [-0.05, 0) is 126 Å². The number of ether oxygens (including phenoxy) is 4. The van der Waals surface area contributed by atoms with Crippen molar-refractivity contribution in [1.29, 1.82) is 0 Å². The maximum absolute atomic E-state index is 13.1. The normalized spacial score (nSPS) is 26.3. The Morgan fingerprint density at radius 1 is 0.903 bits per heavy atom. The van der Waals surface area contributed by atoms with Gasteiger partial charge in [0.2, 0.25) is 5.79 Å². The molecule has 2 amide bonds. The quantitative estimate of drug-likeness (QED) is 0.0333. The number of allylic oxidation sites excluding steroid dienone is 6. The fourth-order valence-electron chi connectivity index (χ4n) is 9.07. The van der Waals surface area contributed by atoms with E-state index in [1.807, 2.05) is 64.2 Å². The van der Waals surface area contributed by atoms with Crippen molar-refractivity contribution in [2.45, 2.75) is 180 Å². The Labute approximate surface area is 369 Å². The summed E-state index contributed by atoms with van der Waals surface area (Å²) in [7, 11) is 1.61. The maximum Gasteiger partial charge on any atom is 0.404 e. The molecule has 3 rings (SSSR count). The molecule has 0 bridgehead atoms. The number of piperidine rings is 1. The van der Waals surface area contributed by atoms with Crippen LogP contribution >= 0.6 is 0 Å². The molecule has 1 aliphatic carbocycles. The summed E-state index contributed by atoms with van der Waals surface area (Å²) in [5.41, 5.74) is 13.3. The van der Waals surface area contributed by atoms with Gasteiger partial charge in [0, 0.05) is 51.4 Å². The van der Waals surface area contributed by atoms with Crippen molar-refractivity contribution in [2.24, 2.45) is 35.1 Å². The van der Waals surface area contributed by atoms with Crippen LogP contribution in [0.2, 0.25) is 0 Å². The van der Waals surface area contributed by atoms with Crippen molar-refractivity contribution in [3.05, 3.63) is 47.6 Å². The summed E-state index contributed by atoms with van der Waals surface area (Å²) >= 11 is 0. The van der Waals surface area contributed by atoms with Crippen LogP contribution in [0.4, 0.5) is 4.79 Å². The lowest BCUT2D eigenvalue weighted by atomic mass is 9.82. The van der Waals surface area contributed by atoms with Crippen molar-refractivity contribution in [3.8, 4) is 0 Å². The van der Waals surface area contributed by atoms with Crippen molar-refractivity contribution in [1.82, 2.24) is 4.90 Å². The second-order valence-corrected chi connectivity index (χ2v) is 18.3. The van der Waals surface area contributed by atoms with Gasteiger partial charge in [0.05, 0.1) is 18.3 Å². The zero-order valence-corrected chi connectivity index (χ0v) is 38.2. The van der Waals surface area contributed by atoms with E-state index in [9.17, 15) is 34.2 Å². The van der Waals surface area contributed by atoms with Crippen LogP contribution < -0.4 is 11.5 Å². The Bertz CT molecular complexity index is 1560. The summed E-state index contributed by atoms with van der Waals surface area (Å²) in [6.45, 7) is 11.2. The van der Waals surface area contributed by atoms with Gasteiger partial charge in [0.1, 0.15) is 18.0 Å². The number of carbonyl (C=O) groups is 5. The molecule has 6 N–H and O–H groups in total. The predicted octanol–water partition coefficient (Wildman–Crippen LogP) is 6.55. The van der Waals surface area contributed by atoms with Crippen LogP contribution in [0.3, 0.4) is 0 Å². The van der Waals surface area contributed by atoms with Crippen LogP contribution in [-0.4, -0.2) is 108 Å². The van der Waals surface area contributed by atoms with E-state index >= 15 is 0 Å². The van der Waals surface area contributed by atoms with Crippen molar-refractivity contribution >= 4 is 30.0 Å². The van der Waals surface area contributed by atoms with Gasteiger partial charge in [-0.1, -0.05) is 57.2 Å². The summed E-state index contributed by atoms with van der Waals surface area (Å²) in [5, 5.41) is 22.0. The highest BCUT2D eigenvalue weighted by Gasteiger charge is 2.47. The van der Waals surface area contributed by atoms with E-state index in [1.54, 1.807) is 7.11 Å². The van der Waals surface area contributed by atoms with Crippen LogP contribution in [0, 0.1) is 23.7 Å². The second kappa shape index (κ2) is 26.8. The number of aliphatic hydroxyl groups is 2. The number of aliphatic hydroxyl groups excluding tert-OH is 1. The van der Waals surface area contributed by atoms with Crippen molar-refractivity contribution < 1.29 is 53.1 Å². The fraction of sp³-hybridized carbons (Fsp3) is 0.729. The van der Waals surface area contributed by atoms with Crippen LogP contribution in [0.1, 0.15) is 137 Å². The van der Waals surface area contributed by atoms with Gasteiger partial charge in [-0.25, -0.2) is 4.79 Å². The number of hydrogen-bond donors (Lipinski definition) is 4. The summed E-state index contributed by atoms with van der Waals surface area (Å²) < 4.78 is 22.2. The first-order valence-electron chi connectivity index (χ1n) is 22.9. The molecule has 2 aliphatic heterocycles. The van der Waals surface area contributed by atoms with E-state index in [-0.39, 0.29) is 54.6 Å². The van der Waals surface area contributed by atoms with Gasteiger partial charge in [-0.3, -0.25) is 19.2 Å². The maximum atomic E-state index is 13.1. The minimum absolute atomic E-state index is 0.00291. The molecule has 62 heavy (non-hydrogen) atoms. The lowest BCUT2D eigenvalue weighted by molar-refractivity contribution is -0.244. The number of nitrogens with two attached hydrogens (primary N) is 2. The first kappa shape index (κ1) is 52.7. The summed E-state index contributed by atoms with van der Waals surface area (Å²) in [5.74, 6) is -3.38. The number of nitrogens with zero attached hydrogens (tertiary/aromatic N) is 1. The Morgan fingerprint density at radius 2 is 1.60 bits per heavy atom. The number of ketones is 2. The van der Waals surface area contributed by atoms with Gasteiger partial charge < -0.3 is 45.5 Å². The molecule has 1 unspecified atom stereocenters. The molecule has 14 nitrogen and oxygen atoms in total. The Balaban J connectivity index is 1.40. The van der Waals surface area contributed by atoms with Crippen molar-refractivity contribution in [3.63, 3.8) is 0 Å². The Hall–Kier alpha value is -3.69. The molecule has 2 saturated heterocycles. The highest BCUT2D eigenvalue weighted by Crippen LogP contribution is 2.33. The molecule has 0 radical (unpaired) electrons. The number of methoxy groups -OCH3 is 1. The molecule has 9 atom stereocenters. The molecular weight excluding hydrogens is 795 g/mol. The average molecular weight is 872 g/mol. The third-order valence-corrected chi connectivity index (χ3v) is 12.9. The zero-order valence-electron chi connectivity index (χ0n) is 38.2. The number of carbonyl (C=O) groups excluding carboxylic acids is 5. The number of amides is 2. The summed E-state index contributed by atoms with van der Waals surface area (Å²) in [6.07, 6.45) is 19.0. The summed E-state index contributed by atoms with van der Waals surface area (Å²) in [4.78, 5) is 62.9. The molecule has 2 heterocycles. The molecule has 350 valence electrons.